The number of unbranched alkanes of at least 4 members (excludes halogenated alkanes) is 1. The number of nitrogens with one attached hydrogen (secondary N) is 1. The van der Waals surface area contributed by atoms with Gasteiger partial charge in [-0.3, -0.25) is 4.79 Å². The zero-order valence-electron chi connectivity index (χ0n) is 13.9. The van der Waals surface area contributed by atoms with E-state index in [9.17, 15) is 4.79 Å². The first-order valence-corrected chi connectivity index (χ1v) is 8.20. The largest absolute Gasteiger partial charge is 0.494 e. The van der Waals surface area contributed by atoms with Crippen molar-refractivity contribution in [2.75, 3.05) is 11.9 Å². The van der Waals surface area contributed by atoms with Gasteiger partial charge in [-0.1, -0.05) is 49.7 Å². The Balaban J connectivity index is 1.73. The minimum absolute atomic E-state index is 0.286. The average molecular weight is 337 g/mol. The third-order valence-corrected chi connectivity index (χ3v) is 3.63. The highest BCUT2D eigenvalue weighted by atomic mass is 16.6. The van der Waals surface area contributed by atoms with Gasteiger partial charge in [0.2, 0.25) is 5.82 Å². The van der Waals surface area contributed by atoms with Crippen molar-refractivity contribution in [1.29, 1.82) is 0 Å². The van der Waals surface area contributed by atoms with Gasteiger partial charge in [-0.25, -0.2) is 4.63 Å². The number of hydrogen-bond donors (Lipinski definition) is 1. The van der Waals surface area contributed by atoms with Crippen LogP contribution in [0.4, 0.5) is 5.82 Å². The number of aromatic nitrogens is 2. The molecule has 1 amide bonds. The molecule has 3 rings (SSSR count). The van der Waals surface area contributed by atoms with Crippen LogP contribution in [-0.4, -0.2) is 22.8 Å². The number of benzene rings is 2. The maximum Gasteiger partial charge on any atom is 0.257 e. The number of carbonyl (C=O) groups excluding carboxylic acids is 1. The van der Waals surface area contributed by atoms with Gasteiger partial charge < -0.3 is 10.1 Å². The fourth-order valence-electron chi connectivity index (χ4n) is 2.30. The molecule has 6 heteroatoms. The molecule has 6 nitrogen and oxygen atoms in total. The van der Waals surface area contributed by atoms with Crippen molar-refractivity contribution < 1.29 is 14.2 Å². The fourth-order valence-corrected chi connectivity index (χ4v) is 2.30. The van der Waals surface area contributed by atoms with Crippen LogP contribution in [0.2, 0.25) is 0 Å². The molecule has 0 fully saturated rings. The number of amides is 1. The number of nitrogens with zero attached hydrogens (tertiary/aromatic N) is 2. The Kier molecular flexibility index (Phi) is 5.41. The SMILES string of the molecule is CCCCOc1cccc(C(=O)Nc2nonc2-c2ccccc2)c1. The predicted molar refractivity (Wildman–Crippen MR) is 94.5 cm³/mol. The van der Waals surface area contributed by atoms with Crippen LogP contribution in [0.15, 0.2) is 59.2 Å². The van der Waals surface area contributed by atoms with Crippen molar-refractivity contribution >= 4 is 11.7 Å². The molecule has 0 saturated heterocycles. The van der Waals surface area contributed by atoms with Crippen molar-refractivity contribution in [3.8, 4) is 17.0 Å². The topological polar surface area (TPSA) is 77.2 Å². The molecule has 0 radical (unpaired) electrons. The summed E-state index contributed by atoms with van der Waals surface area (Å²) < 4.78 is 10.4. The Bertz CT molecular complexity index is 831. The standard InChI is InChI=1S/C19H19N3O3/c1-2-3-12-24-16-11-7-10-15(13-16)19(23)20-18-17(21-25-22-18)14-8-5-4-6-9-14/h4-11,13H,2-3,12H2,1H3,(H,20,22,23). The van der Waals surface area contributed by atoms with E-state index in [2.05, 4.69) is 22.6 Å². The number of ether oxygens (including phenoxy) is 1. The number of rotatable bonds is 7. The smallest absolute Gasteiger partial charge is 0.257 e. The summed E-state index contributed by atoms with van der Waals surface area (Å²) in [6.45, 7) is 2.73. The molecule has 0 aliphatic heterocycles. The first-order valence-electron chi connectivity index (χ1n) is 8.20. The van der Waals surface area contributed by atoms with E-state index in [0.717, 1.165) is 18.4 Å². The molecule has 1 aromatic heterocycles. The van der Waals surface area contributed by atoms with Crippen LogP contribution in [0.3, 0.4) is 0 Å². The summed E-state index contributed by atoms with van der Waals surface area (Å²) in [6.07, 6.45) is 2.03. The minimum atomic E-state index is -0.297. The first kappa shape index (κ1) is 16.7. The van der Waals surface area contributed by atoms with E-state index in [1.165, 1.54) is 0 Å². The molecular weight excluding hydrogens is 318 g/mol. The van der Waals surface area contributed by atoms with Gasteiger partial charge in [0.15, 0.2) is 5.69 Å². The number of hydrogen-bond acceptors (Lipinski definition) is 5. The molecule has 1 heterocycles. The third kappa shape index (κ3) is 4.23. The van der Waals surface area contributed by atoms with E-state index in [1.807, 2.05) is 36.4 Å². The summed E-state index contributed by atoms with van der Waals surface area (Å²) in [4.78, 5) is 12.5. The van der Waals surface area contributed by atoms with Crippen molar-refractivity contribution in [1.82, 2.24) is 10.3 Å². The predicted octanol–water partition coefficient (Wildman–Crippen LogP) is 4.17. The van der Waals surface area contributed by atoms with Crippen LogP contribution in [0.1, 0.15) is 30.1 Å². The molecule has 3 aromatic rings. The lowest BCUT2D eigenvalue weighted by atomic mass is 10.1. The molecule has 0 saturated carbocycles. The van der Waals surface area contributed by atoms with Crippen molar-refractivity contribution in [3.05, 3.63) is 60.2 Å². The first-order chi connectivity index (χ1) is 12.3. The highest BCUT2D eigenvalue weighted by Crippen LogP contribution is 2.24. The van der Waals surface area contributed by atoms with E-state index >= 15 is 0 Å². The molecular formula is C19H19N3O3. The van der Waals surface area contributed by atoms with E-state index in [-0.39, 0.29) is 11.7 Å². The molecule has 0 aliphatic carbocycles. The van der Waals surface area contributed by atoms with E-state index in [4.69, 9.17) is 9.37 Å². The lowest BCUT2D eigenvalue weighted by molar-refractivity contribution is 0.102. The third-order valence-electron chi connectivity index (χ3n) is 3.63. The zero-order chi connectivity index (χ0) is 17.5. The Morgan fingerprint density at radius 1 is 1.12 bits per heavy atom. The molecule has 0 unspecified atom stereocenters. The summed E-state index contributed by atoms with van der Waals surface area (Å²) in [5.41, 5.74) is 1.79. The molecule has 0 bridgehead atoms. The Morgan fingerprint density at radius 2 is 1.96 bits per heavy atom. The number of anilines is 1. The summed E-state index contributed by atoms with van der Waals surface area (Å²) in [5, 5.41) is 10.4. The van der Waals surface area contributed by atoms with Crippen LogP contribution in [0.25, 0.3) is 11.3 Å². The second-order valence-corrected chi connectivity index (χ2v) is 5.51. The van der Waals surface area contributed by atoms with Crippen LogP contribution in [0, 0.1) is 0 Å². The van der Waals surface area contributed by atoms with Crippen LogP contribution in [0.5, 0.6) is 5.75 Å². The van der Waals surface area contributed by atoms with Gasteiger partial charge in [-0.05, 0) is 34.9 Å². The van der Waals surface area contributed by atoms with Gasteiger partial charge in [0.05, 0.1) is 6.61 Å². The highest BCUT2D eigenvalue weighted by Gasteiger charge is 2.16. The lowest BCUT2D eigenvalue weighted by Gasteiger charge is -2.07. The van der Waals surface area contributed by atoms with Crippen LogP contribution in [-0.2, 0) is 0 Å². The molecule has 25 heavy (non-hydrogen) atoms. The van der Waals surface area contributed by atoms with Crippen LogP contribution >= 0.6 is 0 Å². The van der Waals surface area contributed by atoms with Crippen molar-refractivity contribution in [3.63, 3.8) is 0 Å². The molecule has 128 valence electrons. The van der Waals surface area contributed by atoms with Crippen LogP contribution < -0.4 is 10.1 Å². The summed E-state index contributed by atoms with van der Waals surface area (Å²) >= 11 is 0. The van der Waals surface area contributed by atoms with Gasteiger partial charge in [-0.15, -0.1) is 0 Å². The number of carbonyl (C=O) groups is 1. The second-order valence-electron chi connectivity index (χ2n) is 5.51. The lowest BCUT2D eigenvalue weighted by Crippen LogP contribution is -2.13. The van der Waals surface area contributed by atoms with E-state index in [1.54, 1.807) is 18.2 Å². The molecule has 2 aromatic carbocycles. The van der Waals surface area contributed by atoms with Gasteiger partial charge in [0.1, 0.15) is 5.75 Å². The zero-order valence-corrected chi connectivity index (χ0v) is 13.9. The molecule has 0 atom stereocenters. The Labute approximate surface area is 145 Å². The van der Waals surface area contributed by atoms with Gasteiger partial charge in [-0.2, -0.15) is 0 Å². The van der Waals surface area contributed by atoms with E-state index < -0.39 is 0 Å². The monoisotopic (exact) mass is 337 g/mol. The quantitative estimate of drug-likeness (QED) is 0.655. The summed E-state index contributed by atoms with van der Waals surface area (Å²) in [7, 11) is 0. The van der Waals surface area contributed by atoms with Gasteiger partial charge >= 0.3 is 0 Å². The maximum atomic E-state index is 12.5. The minimum Gasteiger partial charge on any atom is -0.494 e. The molecule has 0 spiro atoms. The van der Waals surface area contributed by atoms with Gasteiger partial charge in [0, 0.05) is 11.1 Å². The molecule has 0 aliphatic rings. The van der Waals surface area contributed by atoms with Gasteiger partial charge in [0.25, 0.3) is 5.91 Å². The van der Waals surface area contributed by atoms with Crippen molar-refractivity contribution in [2.45, 2.75) is 19.8 Å². The maximum absolute atomic E-state index is 12.5. The van der Waals surface area contributed by atoms with E-state index in [0.29, 0.717) is 23.6 Å². The Morgan fingerprint density at radius 3 is 2.76 bits per heavy atom. The Hall–Kier alpha value is -3.15. The van der Waals surface area contributed by atoms with Crippen molar-refractivity contribution in [2.24, 2.45) is 0 Å². The normalized spacial score (nSPS) is 10.4. The summed E-state index contributed by atoms with van der Waals surface area (Å²) in [6, 6.07) is 16.5. The second kappa shape index (κ2) is 8.10. The highest BCUT2D eigenvalue weighted by molar-refractivity contribution is 6.05. The average Bonchev–Trinajstić information content (AvgIpc) is 3.11. The summed E-state index contributed by atoms with van der Waals surface area (Å²) in [5.74, 6) is 0.657. The molecule has 1 N–H and O–H groups in total. The fraction of sp³-hybridized carbons (Fsp3) is 0.211.